The van der Waals surface area contributed by atoms with Crippen molar-refractivity contribution in [3.8, 4) is 0 Å². The smallest absolute Gasteiger partial charge is 0.314 e. The van der Waals surface area contributed by atoms with Crippen LogP contribution in [-0.2, 0) is 9.59 Å². The van der Waals surface area contributed by atoms with Crippen molar-refractivity contribution in [2.45, 2.75) is 0 Å². The minimum Gasteiger partial charge on any atom is -0.366 e. The quantitative estimate of drug-likeness (QED) is 0.729. The Bertz CT molecular complexity index is 729. The molecule has 0 fully saturated rings. The average molecular weight is 362 g/mol. The number of rotatable bonds is 3. The third-order valence-electron chi connectivity index (χ3n) is 2.76. The molecule has 0 heterocycles. The summed E-state index contributed by atoms with van der Waals surface area (Å²) in [6.45, 7) is 0. The van der Waals surface area contributed by atoms with Crippen LogP contribution in [-0.4, -0.2) is 17.7 Å². The van der Waals surface area contributed by atoms with Crippen LogP contribution < -0.4 is 16.4 Å². The van der Waals surface area contributed by atoms with Gasteiger partial charge in [-0.25, -0.2) is 0 Å². The van der Waals surface area contributed by atoms with Gasteiger partial charge in [0.25, 0.3) is 0 Å². The van der Waals surface area contributed by atoms with E-state index < -0.39 is 17.7 Å². The monoisotopic (exact) mass is 361 g/mol. The van der Waals surface area contributed by atoms with Crippen LogP contribution in [0.25, 0.3) is 0 Å². The summed E-state index contributed by atoms with van der Waals surface area (Å²) in [5.41, 5.74) is 6.31. The van der Waals surface area contributed by atoms with E-state index in [1.54, 1.807) is 24.3 Å². The van der Waals surface area contributed by atoms with E-state index in [0.717, 1.165) is 0 Å². The molecular formula is C15H12BrN3O3. The molecule has 2 aromatic rings. The van der Waals surface area contributed by atoms with E-state index in [4.69, 9.17) is 5.73 Å². The summed E-state index contributed by atoms with van der Waals surface area (Å²) in [7, 11) is 0. The molecule has 3 amide bonds. The molecule has 0 unspecified atom stereocenters. The molecule has 6 nitrogen and oxygen atoms in total. The molecular weight excluding hydrogens is 350 g/mol. The molecule has 22 heavy (non-hydrogen) atoms. The van der Waals surface area contributed by atoms with Crippen molar-refractivity contribution < 1.29 is 14.4 Å². The second kappa shape index (κ2) is 6.86. The topological polar surface area (TPSA) is 101 Å². The first kappa shape index (κ1) is 15.7. The Balaban J connectivity index is 2.01. The molecule has 0 radical (unpaired) electrons. The van der Waals surface area contributed by atoms with E-state index in [-0.39, 0.29) is 0 Å². The summed E-state index contributed by atoms with van der Waals surface area (Å²) in [5, 5.41) is 4.92. The van der Waals surface area contributed by atoms with Crippen molar-refractivity contribution in [2.24, 2.45) is 5.73 Å². The van der Waals surface area contributed by atoms with E-state index in [1.807, 2.05) is 0 Å². The summed E-state index contributed by atoms with van der Waals surface area (Å²) < 4.78 is 0.668. The fraction of sp³-hybridized carbons (Fsp3) is 0. The molecule has 0 aliphatic rings. The van der Waals surface area contributed by atoms with Gasteiger partial charge in [0.2, 0.25) is 5.91 Å². The molecule has 0 aromatic heterocycles. The maximum absolute atomic E-state index is 11.8. The average Bonchev–Trinajstić information content (AvgIpc) is 2.50. The lowest BCUT2D eigenvalue weighted by molar-refractivity contribution is -0.133. The molecule has 2 aromatic carbocycles. The first-order chi connectivity index (χ1) is 10.5. The number of halogens is 1. The van der Waals surface area contributed by atoms with Gasteiger partial charge in [0.15, 0.2) is 0 Å². The van der Waals surface area contributed by atoms with Gasteiger partial charge in [0.1, 0.15) is 0 Å². The third kappa shape index (κ3) is 3.92. The zero-order valence-electron chi connectivity index (χ0n) is 11.3. The number of anilines is 2. The zero-order valence-corrected chi connectivity index (χ0v) is 12.9. The van der Waals surface area contributed by atoms with Crippen LogP contribution in [0.2, 0.25) is 0 Å². The van der Waals surface area contributed by atoms with Crippen LogP contribution in [0.3, 0.4) is 0 Å². The van der Waals surface area contributed by atoms with Gasteiger partial charge in [-0.2, -0.15) is 0 Å². The van der Waals surface area contributed by atoms with Crippen molar-refractivity contribution in [2.75, 3.05) is 10.6 Å². The predicted molar refractivity (Wildman–Crippen MR) is 86.4 cm³/mol. The van der Waals surface area contributed by atoms with Crippen molar-refractivity contribution >= 4 is 45.0 Å². The van der Waals surface area contributed by atoms with Gasteiger partial charge in [0.05, 0.1) is 5.69 Å². The van der Waals surface area contributed by atoms with Crippen LogP contribution in [0.15, 0.2) is 53.0 Å². The minimum absolute atomic E-state index is 0.315. The Hall–Kier alpha value is -2.67. The largest absolute Gasteiger partial charge is 0.366 e. The van der Waals surface area contributed by atoms with Crippen LogP contribution in [0.1, 0.15) is 10.4 Å². The van der Waals surface area contributed by atoms with Crippen molar-refractivity contribution in [1.82, 2.24) is 0 Å². The number of hydrogen-bond acceptors (Lipinski definition) is 3. The SMILES string of the molecule is NC(=O)c1ccc(NC(=O)C(=O)Nc2ccccc2Br)cc1. The normalized spacial score (nSPS) is 9.86. The number of para-hydroxylation sites is 1. The van der Waals surface area contributed by atoms with Gasteiger partial charge in [-0.1, -0.05) is 12.1 Å². The third-order valence-corrected chi connectivity index (χ3v) is 3.45. The summed E-state index contributed by atoms with van der Waals surface area (Å²) in [5.74, 6) is -2.18. The van der Waals surface area contributed by atoms with Crippen LogP contribution >= 0.6 is 15.9 Å². The lowest BCUT2D eigenvalue weighted by Crippen LogP contribution is -2.29. The minimum atomic E-state index is -0.817. The van der Waals surface area contributed by atoms with E-state index in [9.17, 15) is 14.4 Å². The van der Waals surface area contributed by atoms with Gasteiger partial charge >= 0.3 is 11.8 Å². The van der Waals surface area contributed by atoms with E-state index >= 15 is 0 Å². The van der Waals surface area contributed by atoms with Gasteiger partial charge in [-0.15, -0.1) is 0 Å². The highest BCUT2D eigenvalue weighted by molar-refractivity contribution is 9.10. The maximum Gasteiger partial charge on any atom is 0.314 e. The van der Waals surface area contributed by atoms with Crippen molar-refractivity contribution in [3.05, 3.63) is 58.6 Å². The van der Waals surface area contributed by atoms with Gasteiger partial charge in [0, 0.05) is 15.7 Å². The number of carbonyl (C=O) groups is 3. The molecule has 0 atom stereocenters. The fourth-order valence-electron chi connectivity index (χ4n) is 1.65. The maximum atomic E-state index is 11.8. The predicted octanol–water partition coefficient (Wildman–Crippen LogP) is 2.13. The van der Waals surface area contributed by atoms with Crippen LogP contribution in [0, 0.1) is 0 Å². The number of benzene rings is 2. The Labute approximate surface area is 134 Å². The summed E-state index contributed by atoms with van der Waals surface area (Å²) in [4.78, 5) is 34.6. The molecule has 0 spiro atoms. The highest BCUT2D eigenvalue weighted by Gasteiger charge is 2.15. The number of hydrogen-bond donors (Lipinski definition) is 3. The summed E-state index contributed by atoms with van der Waals surface area (Å²) in [6.07, 6.45) is 0. The molecule has 0 bridgehead atoms. The number of amides is 3. The van der Waals surface area contributed by atoms with E-state index in [0.29, 0.717) is 21.4 Å². The Morgan fingerprint density at radius 2 is 1.45 bits per heavy atom. The molecule has 0 aliphatic carbocycles. The van der Waals surface area contributed by atoms with Crippen molar-refractivity contribution in [3.63, 3.8) is 0 Å². The zero-order chi connectivity index (χ0) is 16.1. The summed E-state index contributed by atoms with van der Waals surface area (Å²) >= 11 is 3.27. The highest BCUT2D eigenvalue weighted by Crippen LogP contribution is 2.21. The Morgan fingerprint density at radius 1 is 0.864 bits per heavy atom. The molecule has 0 saturated heterocycles. The fourth-order valence-corrected chi connectivity index (χ4v) is 2.03. The first-order valence-electron chi connectivity index (χ1n) is 6.24. The molecule has 4 N–H and O–H groups in total. The lowest BCUT2D eigenvalue weighted by Gasteiger charge is -2.08. The molecule has 0 saturated carbocycles. The van der Waals surface area contributed by atoms with Gasteiger partial charge in [-0.3, -0.25) is 14.4 Å². The molecule has 112 valence electrons. The molecule has 7 heteroatoms. The second-order valence-corrected chi connectivity index (χ2v) is 5.18. The highest BCUT2D eigenvalue weighted by atomic mass is 79.9. The number of nitrogens with two attached hydrogens (primary N) is 1. The molecule has 2 rings (SSSR count). The number of primary amides is 1. The van der Waals surface area contributed by atoms with E-state index in [2.05, 4.69) is 26.6 Å². The Kier molecular flexibility index (Phi) is 4.90. The second-order valence-electron chi connectivity index (χ2n) is 4.33. The number of carbonyl (C=O) groups excluding carboxylic acids is 3. The molecule has 0 aliphatic heterocycles. The van der Waals surface area contributed by atoms with Crippen LogP contribution in [0.5, 0.6) is 0 Å². The van der Waals surface area contributed by atoms with E-state index in [1.165, 1.54) is 24.3 Å². The first-order valence-corrected chi connectivity index (χ1v) is 7.03. The standard InChI is InChI=1S/C15H12BrN3O3/c16-11-3-1-2-4-12(11)19-15(22)14(21)18-10-7-5-9(6-8-10)13(17)20/h1-8H,(H2,17,20)(H,18,21)(H,19,22). The Morgan fingerprint density at radius 3 is 2.05 bits per heavy atom. The summed E-state index contributed by atoms with van der Waals surface area (Å²) in [6, 6.07) is 12.8. The van der Waals surface area contributed by atoms with Gasteiger partial charge < -0.3 is 16.4 Å². The van der Waals surface area contributed by atoms with Crippen molar-refractivity contribution in [1.29, 1.82) is 0 Å². The van der Waals surface area contributed by atoms with Crippen LogP contribution in [0.4, 0.5) is 11.4 Å². The van der Waals surface area contributed by atoms with Gasteiger partial charge in [-0.05, 0) is 52.3 Å². The number of nitrogens with one attached hydrogen (secondary N) is 2. The lowest BCUT2D eigenvalue weighted by atomic mass is 10.2.